The molecule has 4 aromatic rings. The van der Waals surface area contributed by atoms with Crippen molar-refractivity contribution in [3.05, 3.63) is 94.1 Å². The number of amides is 2. The summed E-state index contributed by atoms with van der Waals surface area (Å²) in [7, 11) is -0.960. The van der Waals surface area contributed by atoms with E-state index < -0.39 is 40.4 Å². The highest BCUT2D eigenvalue weighted by Gasteiger charge is 2.30. The number of fused-ring (bicyclic) bond motifs is 1. The standard InChI is InChI=1S/C30H29ClF3N3O5S/c1-18(15-30(32,33)34)16-35-28(38)20-10-11-25-23(13-20)22(17-37(25)2)12-19-8-9-21(14-26(19)42-3)29(39)36-43(40,41)27-7-5-4-6-24(27)31/h4-11,13-14,17-18H,12,15-16H2,1-3H3,(H,35,38)(H,36,39). The van der Waals surface area contributed by atoms with Crippen LogP contribution in [0.2, 0.25) is 5.02 Å². The molecule has 0 bridgehead atoms. The Labute approximate surface area is 251 Å². The second-order valence-corrected chi connectivity index (χ2v) is 12.3. The summed E-state index contributed by atoms with van der Waals surface area (Å²) >= 11 is 5.99. The van der Waals surface area contributed by atoms with Gasteiger partial charge in [0.05, 0.1) is 12.1 Å². The maximum Gasteiger partial charge on any atom is 0.389 e. The topological polar surface area (TPSA) is 106 Å². The van der Waals surface area contributed by atoms with Gasteiger partial charge in [-0.25, -0.2) is 13.1 Å². The number of hydrogen-bond acceptors (Lipinski definition) is 5. The fourth-order valence-electron chi connectivity index (χ4n) is 4.73. The van der Waals surface area contributed by atoms with Gasteiger partial charge in [0.1, 0.15) is 10.6 Å². The number of hydrogen-bond donors (Lipinski definition) is 2. The third-order valence-corrected chi connectivity index (χ3v) is 8.64. The Kier molecular flexibility index (Phi) is 9.41. The molecule has 13 heteroatoms. The van der Waals surface area contributed by atoms with Crippen molar-refractivity contribution in [2.24, 2.45) is 13.0 Å². The Balaban J connectivity index is 1.54. The summed E-state index contributed by atoms with van der Waals surface area (Å²) in [5, 5.41) is 3.30. The molecule has 2 N–H and O–H groups in total. The maximum atomic E-state index is 12.8. The van der Waals surface area contributed by atoms with Crippen LogP contribution < -0.4 is 14.8 Å². The van der Waals surface area contributed by atoms with E-state index in [1.165, 1.54) is 44.4 Å². The van der Waals surface area contributed by atoms with Crippen LogP contribution in [0.3, 0.4) is 0 Å². The van der Waals surface area contributed by atoms with E-state index in [0.29, 0.717) is 23.3 Å². The number of nitrogens with one attached hydrogen (secondary N) is 2. The summed E-state index contributed by atoms with van der Waals surface area (Å²) in [6, 6.07) is 15.4. The van der Waals surface area contributed by atoms with Gasteiger partial charge in [0.15, 0.2) is 0 Å². The first-order valence-electron chi connectivity index (χ1n) is 13.1. The first-order valence-corrected chi connectivity index (χ1v) is 15.0. The second-order valence-electron chi connectivity index (χ2n) is 10.2. The van der Waals surface area contributed by atoms with E-state index in [0.717, 1.165) is 16.5 Å². The van der Waals surface area contributed by atoms with Crippen molar-refractivity contribution >= 4 is 44.3 Å². The largest absolute Gasteiger partial charge is 0.496 e. The lowest BCUT2D eigenvalue weighted by molar-refractivity contribution is -0.142. The van der Waals surface area contributed by atoms with Crippen molar-refractivity contribution in [1.29, 1.82) is 0 Å². The lowest BCUT2D eigenvalue weighted by atomic mass is 10.0. The molecule has 4 rings (SSSR count). The number of aryl methyl sites for hydroxylation is 1. The lowest BCUT2D eigenvalue weighted by Gasteiger charge is -2.15. The number of ether oxygens (including phenoxy) is 1. The minimum Gasteiger partial charge on any atom is -0.496 e. The van der Waals surface area contributed by atoms with Crippen LogP contribution in [-0.4, -0.2) is 44.6 Å². The number of carbonyl (C=O) groups excluding carboxylic acids is 2. The van der Waals surface area contributed by atoms with E-state index in [1.807, 2.05) is 22.5 Å². The third kappa shape index (κ3) is 7.68. The maximum absolute atomic E-state index is 12.8. The van der Waals surface area contributed by atoms with E-state index >= 15 is 0 Å². The van der Waals surface area contributed by atoms with Gasteiger partial charge in [0.2, 0.25) is 0 Å². The molecule has 3 aromatic carbocycles. The van der Waals surface area contributed by atoms with Crippen molar-refractivity contribution < 1.29 is 35.9 Å². The van der Waals surface area contributed by atoms with E-state index in [4.69, 9.17) is 16.3 Å². The quantitative estimate of drug-likeness (QED) is 0.227. The highest BCUT2D eigenvalue weighted by molar-refractivity contribution is 7.90. The molecule has 1 atom stereocenters. The predicted octanol–water partition coefficient (Wildman–Crippen LogP) is 5.87. The normalized spacial score (nSPS) is 12.6. The van der Waals surface area contributed by atoms with Crippen molar-refractivity contribution in [3.63, 3.8) is 0 Å². The molecule has 0 saturated heterocycles. The van der Waals surface area contributed by atoms with Crippen LogP contribution in [0.5, 0.6) is 5.75 Å². The number of alkyl halides is 3. The van der Waals surface area contributed by atoms with Crippen LogP contribution in [-0.2, 0) is 23.5 Å². The van der Waals surface area contributed by atoms with Crippen LogP contribution in [0.1, 0.15) is 45.2 Å². The number of halogens is 4. The minimum atomic E-state index is -4.31. The number of benzene rings is 3. The van der Waals surface area contributed by atoms with E-state index in [2.05, 4.69) is 5.32 Å². The monoisotopic (exact) mass is 635 g/mol. The van der Waals surface area contributed by atoms with Gasteiger partial charge in [-0.2, -0.15) is 13.2 Å². The molecule has 0 radical (unpaired) electrons. The molecule has 228 valence electrons. The van der Waals surface area contributed by atoms with Gasteiger partial charge < -0.3 is 14.6 Å². The Morgan fingerprint density at radius 2 is 1.67 bits per heavy atom. The molecule has 0 saturated carbocycles. The van der Waals surface area contributed by atoms with Crippen LogP contribution in [0.4, 0.5) is 13.2 Å². The molecule has 43 heavy (non-hydrogen) atoms. The second kappa shape index (κ2) is 12.7. The molecule has 0 aliphatic carbocycles. The summed E-state index contributed by atoms with van der Waals surface area (Å²) in [5.41, 5.74) is 2.70. The number of carbonyl (C=O) groups is 2. The van der Waals surface area contributed by atoms with Crippen LogP contribution in [0.25, 0.3) is 10.9 Å². The van der Waals surface area contributed by atoms with Gasteiger partial charge in [0, 0.05) is 54.7 Å². The molecule has 0 spiro atoms. The van der Waals surface area contributed by atoms with Crippen LogP contribution >= 0.6 is 11.6 Å². The molecule has 0 aliphatic heterocycles. The fraction of sp³-hybridized carbons (Fsp3) is 0.267. The highest BCUT2D eigenvalue weighted by Crippen LogP contribution is 2.29. The predicted molar refractivity (Wildman–Crippen MR) is 157 cm³/mol. The van der Waals surface area contributed by atoms with Gasteiger partial charge in [-0.05, 0) is 59.5 Å². The number of aromatic nitrogens is 1. The zero-order chi connectivity index (χ0) is 31.5. The summed E-state index contributed by atoms with van der Waals surface area (Å²) < 4.78 is 72.7. The minimum absolute atomic E-state index is 0.0255. The zero-order valence-corrected chi connectivity index (χ0v) is 25.0. The highest BCUT2D eigenvalue weighted by atomic mass is 35.5. The molecule has 0 fully saturated rings. The summed E-state index contributed by atoms with van der Waals surface area (Å²) in [6.07, 6.45) is -3.07. The zero-order valence-electron chi connectivity index (χ0n) is 23.5. The third-order valence-electron chi connectivity index (χ3n) is 6.81. The van der Waals surface area contributed by atoms with Gasteiger partial charge in [-0.15, -0.1) is 0 Å². The molecular formula is C30H29ClF3N3O5S. The smallest absolute Gasteiger partial charge is 0.389 e. The van der Waals surface area contributed by atoms with Crippen molar-refractivity contribution in [1.82, 2.24) is 14.6 Å². The summed E-state index contributed by atoms with van der Waals surface area (Å²) in [6.45, 7) is 1.31. The van der Waals surface area contributed by atoms with Gasteiger partial charge >= 0.3 is 6.18 Å². The average Bonchev–Trinajstić information content (AvgIpc) is 3.24. The van der Waals surface area contributed by atoms with E-state index in [1.54, 1.807) is 30.3 Å². The Morgan fingerprint density at radius 3 is 2.35 bits per heavy atom. The van der Waals surface area contributed by atoms with E-state index in [9.17, 15) is 31.2 Å². The van der Waals surface area contributed by atoms with Crippen molar-refractivity contribution in [3.8, 4) is 5.75 Å². The van der Waals surface area contributed by atoms with E-state index in [-0.39, 0.29) is 22.0 Å². The van der Waals surface area contributed by atoms with Gasteiger partial charge in [-0.3, -0.25) is 9.59 Å². The van der Waals surface area contributed by atoms with Crippen molar-refractivity contribution in [2.75, 3.05) is 13.7 Å². The molecular weight excluding hydrogens is 607 g/mol. The molecule has 0 aliphatic rings. The first-order chi connectivity index (χ1) is 20.2. The van der Waals surface area contributed by atoms with Gasteiger partial charge in [0.25, 0.3) is 21.8 Å². The van der Waals surface area contributed by atoms with Crippen LogP contribution in [0.15, 0.2) is 71.8 Å². The number of sulfonamides is 1. The Morgan fingerprint density at radius 1 is 1.00 bits per heavy atom. The Bertz CT molecular complexity index is 1790. The number of nitrogens with zero attached hydrogens (tertiary/aromatic N) is 1. The first kappa shape index (κ1) is 31.9. The Hall–Kier alpha value is -4.03. The van der Waals surface area contributed by atoms with Gasteiger partial charge in [-0.1, -0.05) is 36.7 Å². The molecule has 8 nitrogen and oxygen atoms in total. The molecule has 1 heterocycles. The molecule has 2 amide bonds. The average molecular weight is 636 g/mol. The number of rotatable bonds is 10. The fourth-order valence-corrected chi connectivity index (χ4v) is 6.22. The SMILES string of the molecule is COc1cc(C(=O)NS(=O)(=O)c2ccccc2Cl)ccc1Cc1cn(C)c2ccc(C(=O)NCC(C)CC(F)(F)F)cc12. The lowest BCUT2D eigenvalue weighted by Crippen LogP contribution is -2.30. The van der Waals surface area contributed by atoms with Crippen LogP contribution in [0, 0.1) is 5.92 Å². The summed E-state index contributed by atoms with van der Waals surface area (Å²) in [4.78, 5) is 25.3. The summed E-state index contributed by atoms with van der Waals surface area (Å²) in [5.74, 6) is -1.78. The number of methoxy groups -OCH3 is 1. The van der Waals surface area contributed by atoms with Crippen molar-refractivity contribution in [2.45, 2.75) is 30.8 Å². The molecule has 1 aromatic heterocycles. The molecule has 1 unspecified atom stereocenters.